The van der Waals surface area contributed by atoms with Crippen molar-refractivity contribution >= 4 is 33.3 Å². The number of likely N-dealkylation sites (tertiary alicyclic amines) is 1. The van der Waals surface area contributed by atoms with E-state index in [-0.39, 0.29) is 33.9 Å². The van der Waals surface area contributed by atoms with E-state index in [2.05, 4.69) is 10.6 Å². The first-order valence-electron chi connectivity index (χ1n) is 10.8. The van der Waals surface area contributed by atoms with Gasteiger partial charge in [0.1, 0.15) is 23.5 Å². The highest BCUT2D eigenvalue weighted by Gasteiger charge is 2.35. The second kappa shape index (κ2) is 9.99. The maximum absolute atomic E-state index is 14.9. The summed E-state index contributed by atoms with van der Waals surface area (Å²) in [4.78, 5) is 26.5. The predicted octanol–water partition coefficient (Wildman–Crippen LogP) is 4.05. The van der Waals surface area contributed by atoms with Crippen LogP contribution < -0.4 is 15.8 Å². The molecule has 1 aliphatic heterocycles. The van der Waals surface area contributed by atoms with Crippen LogP contribution in [0.5, 0.6) is 0 Å². The maximum Gasteiger partial charge on any atom is 0.322 e. The number of urea groups is 1. The highest BCUT2D eigenvalue weighted by atomic mass is 32.2. The van der Waals surface area contributed by atoms with E-state index in [1.165, 1.54) is 35.2 Å². The molecule has 1 heterocycles. The highest BCUT2D eigenvalue weighted by Crippen LogP contribution is 2.30. The number of rotatable bonds is 5. The van der Waals surface area contributed by atoms with Gasteiger partial charge in [0.2, 0.25) is 15.9 Å². The van der Waals surface area contributed by atoms with Gasteiger partial charge < -0.3 is 15.5 Å². The van der Waals surface area contributed by atoms with Crippen LogP contribution in [0.4, 0.5) is 29.3 Å². The minimum Gasteiger partial charge on any atom is -0.322 e. The number of nitrogens with zero attached hydrogens (tertiary/aromatic N) is 1. The summed E-state index contributed by atoms with van der Waals surface area (Å²) in [7, 11) is -4.05. The number of carbonyl (C=O) groups is 2. The molecule has 1 unspecified atom stereocenters. The van der Waals surface area contributed by atoms with Gasteiger partial charge in [0.15, 0.2) is 0 Å². The van der Waals surface area contributed by atoms with E-state index in [0.717, 1.165) is 18.2 Å². The number of sulfonamides is 1. The van der Waals surface area contributed by atoms with Crippen LogP contribution in [0.2, 0.25) is 0 Å². The number of nitrogens with two attached hydrogens (primary N) is 1. The third kappa shape index (κ3) is 5.34. The Kier molecular flexibility index (Phi) is 7.00. The lowest BCUT2D eigenvalue weighted by Crippen LogP contribution is -2.45. The van der Waals surface area contributed by atoms with Gasteiger partial charge >= 0.3 is 6.03 Å². The molecular formula is C24H21F3N4O4S. The van der Waals surface area contributed by atoms with Gasteiger partial charge in [-0.25, -0.2) is 31.5 Å². The van der Waals surface area contributed by atoms with E-state index < -0.39 is 45.5 Å². The quantitative estimate of drug-likeness (QED) is 0.472. The Bertz CT molecular complexity index is 1450. The Labute approximate surface area is 205 Å². The first-order chi connectivity index (χ1) is 17.0. The molecule has 1 aliphatic rings. The molecule has 3 aromatic rings. The summed E-state index contributed by atoms with van der Waals surface area (Å²) < 4.78 is 65.6. The number of carbonyl (C=O) groups excluding carboxylic acids is 2. The van der Waals surface area contributed by atoms with Crippen LogP contribution in [-0.4, -0.2) is 37.8 Å². The molecule has 3 aromatic carbocycles. The molecule has 12 heteroatoms. The third-order valence-electron chi connectivity index (χ3n) is 5.72. The van der Waals surface area contributed by atoms with Crippen LogP contribution in [0.3, 0.4) is 0 Å². The molecule has 1 saturated heterocycles. The van der Waals surface area contributed by atoms with Gasteiger partial charge in [-0.2, -0.15) is 0 Å². The van der Waals surface area contributed by atoms with Crippen molar-refractivity contribution in [3.05, 3.63) is 78.1 Å². The Balaban J connectivity index is 1.50. The van der Waals surface area contributed by atoms with Gasteiger partial charge in [-0.3, -0.25) is 4.79 Å². The summed E-state index contributed by atoms with van der Waals surface area (Å²) in [6.07, 6.45) is 0.787. The summed E-state index contributed by atoms with van der Waals surface area (Å²) in [5, 5.41) is 10.0. The lowest BCUT2D eigenvalue weighted by Gasteiger charge is -2.24. The summed E-state index contributed by atoms with van der Waals surface area (Å²) in [6.45, 7) is 0.207. The zero-order chi connectivity index (χ0) is 26.0. The smallest absolute Gasteiger partial charge is 0.322 e. The molecule has 36 heavy (non-hydrogen) atoms. The van der Waals surface area contributed by atoms with Crippen molar-refractivity contribution in [1.82, 2.24) is 4.90 Å². The second-order valence-electron chi connectivity index (χ2n) is 8.13. The average Bonchev–Trinajstić information content (AvgIpc) is 3.32. The molecular weight excluding hydrogens is 497 g/mol. The fourth-order valence-electron chi connectivity index (χ4n) is 4.01. The maximum atomic E-state index is 14.9. The Morgan fingerprint density at radius 3 is 2.28 bits per heavy atom. The summed E-state index contributed by atoms with van der Waals surface area (Å²) in [5.41, 5.74) is 0.0179. The van der Waals surface area contributed by atoms with E-state index in [1.807, 2.05) is 0 Å². The monoisotopic (exact) mass is 518 g/mol. The lowest BCUT2D eigenvalue weighted by molar-refractivity contribution is -0.119. The van der Waals surface area contributed by atoms with Crippen molar-refractivity contribution in [3.63, 3.8) is 0 Å². The van der Waals surface area contributed by atoms with E-state index in [0.29, 0.717) is 18.9 Å². The number of anilines is 2. The van der Waals surface area contributed by atoms with E-state index in [4.69, 9.17) is 5.14 Å². The summed E-state index contributed by atoms with van der Waals surface area (Å²) >= 11 is 0. The number of hydrogen-bond acceptors (Lipinski definition) is 4. The topological polar surface area (TPSA) is 122 Å². The molecule has 1 atom stereocenters. The molecule has 4 rings (SSSR count). The van der Waals surface area contributed by atoms with Gasteiger partial charge in [0.05, 0.1) is 16.3 Å². The van der Waals surface area contributed by atoms with Gasteiger partial charge in [-0.05, 0) is 48.7 Å². The zero-order valence-corrected chi connectivity index (χ0v) is 19.5. The molecule has 0 bridgehead atoms. The van der Waals surface area contributed by atoms with Gasteiger partial charge in [0.25, 0.3) is 0 Å². The van der Waals surface area contributed by atoms with Gasteiger partial charge in [0, 0.05) is 18.2 Å². The SMILES string of the molecule is NS(=O)(=O)c1ccccc1-c1ccc(NC(=O)C2CCCN2C(=O)Nc2ccc(F)cc2F)c(F)c1. The van der Waals surface area contributed by atoms with Crippen molar-refractivity contribution in [2.75, 3.05) is 17.2 Å². The molecule has 3 amide bonds. The minimum absolute atomic E-state index is 0.173. The number of halogens is 3. The van der Waals surface area contributed by atoms with Crippen molar-refractivity contribution in [3.8, 4) is 11.1 Å². The molecule has 188 valence electrons. The fraction of sp³-hybridized carbons (Fsp3) is 0.167. The van der Waals surface area contributed by atoms with Crippen molar-refractivity contribution in [2.24, 2.45) is 5.14 Å². The Morgan fingerprint density at radius 1 is 0.917 bits per heavy atom. The van der Waals surface area contributed by atoms with Gasteiger partial charge in [-0.1, -0.05) is 24.3 Å². The molecule has 4 N–H and O–H groups in total. The highest BCUT2D eigenvalue weighted by molar-refractivity contribution is 7.89. The van der Waals surface area contributed by atoms with Crippen molar-refractivity contribution < 1.29 is 31.2 Å². The lowest BCUT2D eigenvalue weighted by atomic mass is 10.0. The number of primary sulfonamides is 1. The largest absolute Gasteiger partial charge is 0.322 e. The number of benzene rings is 3. The van der Waals surface area contributed by atoms with Crippen LogP contribution in [0.25, 0.3) is 11.1 Å². The van der Waals surface area contributed by atoms with E-state index in [9.17, 15) is 31.2 Å². The number of hydrogen-bond donors (Lipinski definition) is 3. The van der Waals surface area contributed by atoms with Crippen LogP contribution >= 0.6 is 0 Å². The second-order valence-corrected chi connectivity index (χ2v) is 9.66. The summed E-state index contributed by atoms with van der Waals surface area (Å²) in [6, 6.07) is 10.6. The van der Waals surface area contributed by atoms with Gasteiger partial charge in [-0.15, -0.1) is 0 Å². The standard InChI is InChI=1S/C24H21F3N4O4S/c25-15-8-10-20(18(27)13-15)30-24(33)31-11-3-5-21(31)23(32)29-19-9-7-14(12-17(19)26)16-4-1-2-6-22(16)36(28,34)35/h1-2,4,6-10,12-13,21H,3,5,11H2,(H,29,32)(H,30,33)(H2,28,34,35). The molecule has 1 fully saturated rings. The normalized spacial score (nSPS) is 15.6. The third-order valence-corrected chi connectivity index (χ3v) is 6.69. The molecule has 0 aromatic heterocycles. The van der Waals surface area contributed by atoms with Crippen molar-refractivity contribution in [2.45, 2.75) is 23.8 Å². The first-order valence-corrected chi connectivity index (χ1v) is 12.3. The minimum atomic E-state index is -4.05. The van der Waals surface area contributed by atoms with E-state index >= 15 is 0 Å². The predicted molar refractivity (Wildman–Crippen MR) is 127 cm³/mol. The molecule has 0 spiro atoms. The first kappa shape index (κ1) is 25.2. The average molecular weight is 519 g/mol. The van der Waals surface area contributed by atoms with E-state index in [1.54, 1.807) is 6.07 Å². The van der Waals surface area contributed by atoms with Crippen LogP contribution in [0, 0.1) is 17.5 Å². The molecule has 0 saturated carbocycles. The van der Waals surface area contributed by atoms with Crippen LogP contribution in [0.15, 0.2) is 65.6 Å². The fourth-order valence-corrected chi connectivity index (χ4v) is 4.77. The Hall–Kier alpha value is -3.90. The van der Waals surface area contributed by atoms with Crippen molar-refractivity contribution in [1.29, 1.82) is 0 Å². The molecule has 0 aliphatic carbocycles. The number of amides is 3. The Morgan fingerprint density at radius 2 is 1.58 bits per heavy atom. The number of nitrogens with one attached hydrogen (secondary N) is 2. The molecule has 0 radical (unpaired) electrons. The summed E-state index contributed by atoms with van der Waals surface area (Å²) in [5.74, 6) is -3.24. The molecule has 8 nitrogen and oxygen atoms in total. The van der Waals surface area contributed by atoms with Crippen LogP contribution in [0.1, 0.15) is 12.8 Å². The zero-order valence-electron chi connectivity index (χ0n) is 18.7. The van der Waals surface area contributed by atoms with Crippen LogP contribution in [-0.2, 0) is 14.8 Å².